The number of rotatable bonds is 5. The van der Waals surface area contributed by atoms with Crippen LogP contribution in [0.15, 0.2) is 36.5 Å². The van der Waals surface area contributed by atoms with E-state index in [0.717, 1.165) is 61.3 Å². The van der Waals surface area contributed by atoms with Crippen molar-refractivity contribution in [1.82, 2.24) is 14.7 Å². The quantitative estimate of drug-likeness (QED) is 0.635. The fraction of sp³-hybridized carbons (Fsp3) is 0.250. The maximum absolute atomic E-state index is 14.2. The zero-order valence-corrected chi connectivity index (χ0v) is 16.4. The van der Waals surface area contributed by atoms with Crippen molar-refractivity contribution in [2.45, 2.75) is 18.9 Å². The Labute approximate surface area is 174 Å². The van der Waals surface area contributed by atoms with Crippen LogP contribution in [0.4, 0.5) is 18.9 Å². The molecule has 10 heteroatoms. The van der Waals surface area contributed by atoms with Gasteiger partial charge in [-0.15, -0.1) is 0 Å². The van der Waals surface area contributed by atoms with Crippen LogP contribution < -0.4 is 15.4 Å². The minimum Gasteiger partial charge on any atom is -0.477 e. The van der Waals surface area contributed by atoms with Gasteiger partial charge in [0.15, 0.2) is 0 Å². The van der Waals surface area contributed by atoms with E-state index in [0.29, 0.717) is 17.3 Å². The summed E-state index contributed by atoms with van der Waals surface area (Å²) in [5, 5.41) is 6.29. The second-order valence-corrected chi connectivity index (χ2v) is 7.46. The molecule has 2 N–H and O–H groups in total. The molecule has 0 bridgehead atoms. The Morgan fingerprint density at radius 3 is 2.70 bits per heavy atom. The molecule has 3 heterocycles. The Morgan fingerprint density at radius 2 is 1.97 bits per heavy atom. The van der Waals surface area contributed by atoms with E-state index in [2.05, 4.69) is 20.0 Å². The van der Waals surface area contributed by atoms with Crippen LogP contribution in [0, 0.1) is 17.5 Å². The second kappa shape index (κ2) is 8.80. The summed E-state index contributed by atoms with van der Waals surface area (Å²) in [6.07, 6.45) is 3.28. The van der Waals surface area contributed by atoms with Gasteiger partial charge in [0.2, 0.25) is 5.06 Å². The maximum atomic E-state index is 14.2. The molecule has 6 nitrogen and oxygen atoms in total. The molecule has 1 amide bonds. The Bertz CT molecular complexity index is 1050. The molecule has 3 aromatic rings. The van der Waals surface area contributed by atoms with Gasteiger partial charge in [0.25, 0.3) is 5.91 Å². The average Bonchev–Trinajstić information content (AvgIpc) is 3.16. The van der Waals surface area contributed by atoms with Crippen LogP contribution in [0.3, 0.4) is 0 Å². The van der Waals surface area contributed by atoms with Crippen LogP contribution in [0.25, 0.3) is 11.3 Å². The van der Waals surface area contributed by atoms with Crippen LogP contribution in [-0.4, -0.2) is 34.5 Å². The summed E-state index contributed by atoms with van der Waals surface area (Å²) in [6.45, 7) is 1.63. The van der Waals surface area contributed by atoms with Gasteiger partial charge < -0.3 is 15.4 Å². The summed E-state index contributed by atoms with van der Waals surface area (Å²) in [4.78, 5) is 16.5. The van der Waals surface area contributed by atoms with Crippen LogP contribution in [0.2, 0.25) is 0 Å². The molecule has 1 aliphatic rings. The third kappa shape index (κ3) is 4.29. The lowest BCUT2D eigenvalue weighted by Gasteiger charge is -2.23. The Morgan fingerprint density at radius 1 is 1.17 bits per heavy atom. The number of benzene rings is 1. The van der Waals surface area contributed by atoms with Gasteiger partial charge in [0.1, 0.15) is 40.6 Å². The van der Waals surface area contributed by atoms with Gasteiger partial charge in [-0.05, 0) is 43.7 Å². The lowest BCUT2D eigenvalue weighted by atomic mass is 10.1. The van der Waals surface area contributed by atoms with Crippen molar-refractivity contribution in [3.8, 4) is 16.3 Å². The second-order valence-electron chi connectivity index (χ2n) is 6.69. The van der Waals surface area contributed by atoms with E-state index < -0.39 is 34.6 Å². The lowest BCUT2D eigenvalue weighted by Crippen LogP contribution is -2.37. The molecule has 4 rings (SSSR count). The van der Waals surface area contributed by atoms with Crippen LogP contribution >= 0.6 is 11.5 Å². The number of nitrogens with one attached hydrogen (secondary N) is 2. The highest BCUT2D eigenvalue weighted by Crippen LogP contribution is 2.31. The molecule has 0 aliphatic carbocycles. The minimum atomic E-state index is -0.974. The van der Waals surface area contributed by atoms with Gasteiger partial charge in [-0.25, -0.2) is 18.2 Å². The lowest BCUT2D eigenvalue weighted by molar-refractivity contribution is 0.102. The third-order valence-corrected chi connectivity index (χ3v) is 5.28. The van der Waals surface area contributed by atoms with Crippen molar-refractivity contribution in [2.24, 2.45) is 0 Å². The highest BCUT2D eigenvalue weighted by Gasteiger charge is 2.22. The topological polar surface area (TPSA) is 76.1 Å². The molecule has 1 aliphatic heterocycles. The molecule has 2 aromatic heterocycles. The molecular weight excluding hydrogens is 417 g/mol. The highest BCUT2D eigenvalue weighted by atomic mass is 32.1. The van der Waals surface area contributed by atoms with Crippen molar-refractivity contribution in [3.05, 3.63) is 59.7 Å². The van der Waals surface area contributed by atoms with Gasteiger partial charge in [0, 0.05) is 18.1 Å². The molecular formula is C20H17F3N4O2S. The maximum Gasteiger partial charge on any atom is 0.274 e. The zero-order valence-electron chi connectivity index (χ0n) is 15.6. The molecule has 1 aromatic carbocycles. The standard InChI is InChI=1S/C20H17F3N4O2S/c21-12-4-1-5-13(22)17(12)18-14(23)6-7-15(26-18)19(28)27-16-10-25-30-20(16)29-11-3-2-8-24-9-11/h1,4-7,10-11,24H,2-3,8-9H2,(H,27,28). The first-order chi connectivity index (χ1) is 14.5. The molecule has 0 radical (unpaired) electrons. The van der Waals surface area contributed by atoms with Gasteiger partial charge >= 0.3 is 0 Å². The average molecular weight is 434 g/mol. The molecule has 30 heavy (non-hydrogen) atoms. The summed E-state index contributed by atoms with van der Waals surface area (Å²) in [5.41, 5.74) is -1.06. The molecule has 156 valence electrons. The molecule has 1 fully saturated rings. The normalized spacial score (nSPS) is 16.3. The first-order valence-corrected chi connectivity index (χ1v) is 10.0. The number of halogens is 3. The van der Waals surface area contributed by atoms with E-state index in [-0.39, 0.29) is 11.8 Å². The SMILES string of the molecule is O=C(Nc1cnsc1OC1CCCNC1)c1ccc(F)c(-c2c(F)cccc2F)n1. The number of piperidine rings is 1. The van der Waals surface area contributed by atoms with Gasteiger partial charge in [0.05, 0.1) is 11.8 Å². The number of nitrogens with zero attached hydrogens (tertiary/aromatic N) is 2. The summed E-state index contributed by atoms with van der Waals surface area (Å²) < 4.78 is 52.3. The number of hydrogen-bond acceptors (Lipinski definition) is 6. The first-order valence-electron chi connectivity index (χ1n) is 9.27. The number of ether oxygens (including phenoxy) is 1. The fourth-order valence-electron chi connectivity index (χ4n) is 3.12. The summed E-state index contributed by atoms with van der Waals surface area (Å²) in [7, 11) is 0. The van der Waals surface area contributed by atoms with Gasteiger partial charge in [-0.2, -0.15) is 4.37 Å². The van der Waals surface area contributed by atoms with Crippen molar-refractivity contribution in [1.29, 1.82) is 0 Å². The van der Waals surface area contributed by atoms with Crippen LogP contribution in [-0.2, 0) is 0 Å². The number of pyridine rings is 1. The summed E-state index contributed by atoms with van der Waals surface area (Å²) in [5.74, 6) is -3.57. The van der Waals surface area contributed by atoms with E-state index in [1.54, 1.807) is 0 Å². The third-order valence-electron chi connectivity index (χ3n) is 4.59. The number of hydrogen-bond donors (Lipinski definition) is 2. The Kier molecular flexibility index (Phi) is 5.96. The Balaban J connectivity index is 1.56. The Hall–Kier alpha value is -2.98. The largest absolute Gasteiger partial charge is 0.477 e. The number of aromatic nitrogens is 2. The molecule has 1 saturated heterocycles. The van der Waals surface area contributed by atoms with Crippen LogP contribution in [0.1, 0.15) is 23.3 Å². The zero-order chi connectivity index (χ0) is 21.1. The predicted molar refractivity (Wildman–Crippen MR) is 106 cm³/mol. The van der Waals surface area contributed by atoms with E-state index in [4.69, 9.17) is 4.74 Å². The van der Waals surface area contributed by atoms with Gasteiger partial charge in [-0.3, -0.25) is 4.79 Å². The van der Waals surface area contributed by atoms with Crippen LogP contribution in [0.5, 0.6) is 5.06 Å². The highest BCUT2D eigenvalue weighted by molar-refractivity contribution is 7.08. The van der Waals surface area contributed by atoms with Crippen molar-refractivity contribution in [2.75, 3.05) is 18.4 Å². The number of anilines is 1. The van der Waals surface area contributed by atoms with Crippen molar-refractivity contribution in [3.63, 3.8) is 0 Å². The van der Waals surface area contributed by atoms with E-state index in [9.17, 15) is 18.0 Å². The number of carbonyl (C=O) groups excluding carboxylic acids is 1. The molecule has 1 unspecified atom stereocenters. The van der Waals surface area contributed by atoms with Crippen molar-refractivity contribution >= 4 is 23.1 Å². The molecule has 0 saturated carbocycles. The number of amides is 1. The first kappa shape index (κ1) is 20.3. The smallest absolute Gasteiger partial charge is 0.274 e. The number of carbonyl (C=O) groups is 1. The van der Waals surface area contributed by atoms with Crippen molar-refractivity contribution < 1.29 is 22.7 Å². The fourth-order valence-corrected chi connectivity index (χ4v) is 3.76. The summed E-state index contributed by atoms with van der Waals surface area (Å²) in [6, 6.07) is 5.23. The molecule has 0 spiro atoms. The minimum absolute atomic E-state index is 0.0329. The van der Waals surface area contributed by atoms with E-state index in [1.165, 1.54) is 6.20 Å². The van der Waals surface area contributed by atoms with E-state index in [1.807, 2.05) is 0 Å². The predicted octanol–water partition coefficient (Wildman–Crippen LogP) is 4.01. The molecule has 1 atom stereocenters. The summed E-state index contributed by atoms with van der Waals surface area (Å²) >= 11 is 1.09. The monoisotopic (exact) mass is 434 g/mol. The van der Waals surface area contributed by atoms with E-state index >= 15 is 0 Å². The van der Waals surface area contributed by atoms with Gasteiger partial charge in [-0.1, -0.05) is 6.07 Å².